The third kappa shape index (κ3) is 2.99. The minimum atomic E-state index is 0.579. The number of anilines is 1. The first kappa shape index (κ1) is 12.4. The van der Waals surface area contributed by atoms with E-state index < -0.39 is 0 Å². The molecule has 0 spiro atoms. The molecule has 3 nitrogen and oxygen atoms in total. The second kappa shape index (κ2) is 5.52. The lowest BCUT2D eigenvalue weighted by Gasteiger charge is -2.23. The number of ether oxygens (including phenoxy) is 1. The highest BCUT2D eigenvalue weighted by atomic mass is 79.9. The third-order valence-electron chi connectivity index (χ3n) is 3.05. The van der Waals surface area contributed by atoms with Gasteiger partial charge in [-0.15, -0.1) is 0 Å². The Kier molecular flexibility index (Phi) is 4.03. The number of benzene rings is 1. The molecular formula is C13H15BrN2O. The Morgan fingerprint density at radius 3 is 3.06 bits per heavy atom. The molecule has 0 aliphatic carbocycles. The standard InChI is InChI=1S/C13H15BrN2O/c1-16(8-10-4-5-17-9-10)13-3-2-12(14)6-11(13)7-15/h2-3,6,10H,4-5,8-9H2,1H3. The van der Waals surface area contributed by atoms with Crippen molar-refractivity contribution in [2.45, 2.75) is 6.42 Å². The zero-order valence-electron chi connectivity index (χ0n) is 9.82. The molecule has 4 heteroatoms. The summed E-state index contributed by atoms with van der Waals surface area (Å²) >= 11 is 3.38. The lowest BCUT2D eigenvalue weighted by atomic mass is 10.1. The number of hydrogen-bond donors (Lipinski definition) is 0. The Morgan fingerprint density at radius 1 is 1.59 bits per heavy atom. The predicted octanol–water partition coefficient (Wildman–Crippen LogP) is 2.79. The zero-order valence-corrected chi connectivity index (χ0v) is 11.4. The number of halogens is 1. The van der Waals surface area contributed by atoms with Gasteiger partial charge >= 0.3 is 0 Å². The molecule has 1 fully saturated rings. The molecule has 0 bridgehead atoms. The van der Waals surface area contributed by atoms with Crippen molar-refractivity contribution in [1.82, 2.24) is 0 Å². The van der Waals surface area contributed by atoms with Gasteiger partial charge in [-0.3, -0.25) is 0 Å². The molecule has 0 saturated carbocycles. The molecule has 1 aliphatic rings. The summed E-state index contributed by atoms with van der Waals surface area (Å²) in [6, 6.07) is 8.05. The molecule has 1 unspecified atom stereocenters. The van der Waals surface area contributed by atoms with Crippen LogP contribution in [0.15, 0.2) is 22.7 Å². The van der Waals surface area contributed by atoms with Gasteiger partial charge in [0.15, 0.2) is 0 Å². The first-order chi connectivity index (χ1) is 8.20. The van der Waals surface area contributed by atoms with Crippen molar-refractivity contribution in [3.63, 3.8) is 0 Å². The van der Waals surface area contributed by atoms with Crippen LogP contribution in [0.1, 0.15) is 12.0 Å². The Balaban J connectivity index is 2.12. The van der Waals surface area contributed by atoms with Gasteiger partial charge < -0.3 is 9.64 Å². The number of hydrogen-bond acceptors (Lipinski definition) is 3. The Labute approximate surface area is 110 Å². The fourth-order valence-electron chi connectivity index (χ4n) is 2.14. The van der Waals surface area contributed by atoms with Crippen LogP contribution in [-0.2, 0) is 4.74 Å². The highest BCUT2D eigenvalue weighted by Gasteiger charge is 2.18. The van der Waals surface area contributed by atoms with Crippen molar-refractivity contribution in [1.29, 1.82) is 5.26 Å². The molecule has 0 N–H and O–H groups in total. The normalized spacial score (nSPS) is 19.0. The molecule has 0 radical (unpaired) electrons. The van der Waals surface area contributed by atoms with Gasteiger partial charge in [-0.1, -0.05) is 15.9 Å². The topological polar surface area (TPSA) is 36.3 Å². The van der Waals surface area contributed by atoms with Gasteiger partial charge in [0.1, 0.15) is 6.07 Å². The molecule has 90 valence electrons. The lowest BCUT2D eigenvalue weighted by molar-refractivity contribution is 0.186. The smallest absolute Gasteiger partial charge is 0.101 e. The molecule has 1 heterocycles. The average Bonchev–Trinajstić information content (AvgIpc) is 2.81. The van der Waals surface area contributed by atoms with E-state index in [1.54, 1.807) is 0 Å². The monoisotopic (exact) mass is 294 g/mol. The van der Waals surface area contributed by atoms with E-state index in [1.165, 1.54) is 0 Å². The van der Waals surface area contributed by atoms with Crippen LogP contribution in [0.3, 0.4) is 0 Å². The van der Waals surface area contributed by atoms with Crippen molar-refractivity contribution >= 4 is 21.6 Å². The van der Waals surface area contributed by atoms with E-state index in [1.807, 2.05) is 25.2 Å². The van der Waals surface area contributed by atoms with Gasteiger partial charge in [0.2, 0.25) is 0 Å². The number of rotatable bonds is 3. The average molecular weight is 295 g/mol. The van der Waals surface area contributed by atoms with Crippen molar-refractivity contribution in [2.75, 3.05) is 31.7 Å². The van der Waals surface area contributed by atoms with E-state index in [0.717, 1.165) is 36.3 Å². The van der Waals surface area contributed by atoms with E-state index in [0.29, 0.717) is 11.5 Å². The Hall–Kier alpha value is -1.05. The van der Waals surface area contributed by atoms with Gasteiger partial charge in [-0.25, -0.2) is 0 Å². The molecule has 17 heavy (non-hydrogen) atoms. The van der Waals surface area contributed by atoms with Crippen LogP contribution in [0.2, 0.25) is 0 Å². The summed E-state index contributed by atoms with van der Waals surface area (Å²) in [6.45, 7) is 2.64. The molecule has 1 aromatic carbocycles. The number of nitriles is 1. The van der Waals surface area contributed by atoms with Gasteiger partial charge in [0.05, 0.1) is 17.9 Å². The van der Waals surface area contributed by atoms with Crippen molar-refractivity contribution < 1.29 is 4.74 Å². The first-order valence-corrected chi connectivity index (χ1v) is 6.48. The summed E-state index contributed by atoms with van der Waals surface area (Å²) in [5, 5.41) is 9.13. The van der Waals surface area contributed by atoms with Crippen LogP contribution < -0.4 is 4.90 Å². The minimum absolute atomic E-state index is 0.579. The Bertz CT molecular complexity index is 436. The van der Waals surface area contributed by atoms with E-state index in [2.05, 4.69) is 26.9 Å². The van der Waals surface area contributed by atoms with Crippen LogP contribution >= 0.6 is 15.9 Å². The van der Waals surface area contributed by atoms with Crippen LogP contribution in [-0.4, -0.2) is 26.8 Å². The second-order valence-electron chi connectivity index (χ2n) is 4.38. The van der Waals surface area contributed by atoms with Gasteiger partial charge in [0.25, 0.3) is 0 Å². The summed E-state index contributed by atoms with van der Waals surface area (Å²) in [5.41, 5.74) is 1.70. The maximum absolute atomic E-state index is 9.13. The molecule has 1 aliphatic heterocycles. The molecule has 1 aromatic rings. The second-order valence-corrected chi connectivity index (χ2v) is 5.30. The van der Waals surface area contributed by atoms with Crippen LogP contribution in [0, 0.1) is 17.2 Å². The summed E-state index contributed by atoms with van der Waals surface area (Å²) in [6.07, 6.45) is 1.11. The van der Waals surface area contributed by atoms with Gasteiger partial charge in [-0.05, 0) is 24.6 Å². The molecule has 1 saturated heterocycles. The molecule has 0 amide bonds. The molecule has 2 rings (SSSR count). The summed E-state index contributed by atoms with van der Waals surface area (Å²) < 4.78 is 6.31. The van der Waals surface area contributed by atoms with Crippen LogP contribution in [0.25, 0.3) is 0 Å². The SMILES string of the molecule is CN(CC1CCOC1)c1ccc(Br)cc1C#N. The summed E-state index contributed by atoms with van der Waals surface area (Å²) in [5.74, 6) is 0.579. The van der Waals surface area contributed by atoms with Crippen molar-refractivity contribution in [2.24, 2.45) is 5.92 Å². The van der Waals surface area contributed by atoms with Crippen molar-refractivity contribution in [3.8, 4) is 6.07 Å². The van der Waals surface area contributed by atoms with Crippen LogP contribution in [0.4, 0.5) is 5.69 Å². The van der Waals surface area contributed by atoms with Crippen molar-refractivity contribution in [3.05, 3.63) is 28.2 Å². The largest absolute Gasteiger partial charge is 0.381 e. The third-order valence-corrected chi connectivity index (χ3v) is 3.54. The quantitative estimate of drug-likeness (QED) is 0.860. The number of nitrogens with zero attached hydrogens (tertiary/aromatic N) is 2. The maximum Gasteiger partial charge on any atom is 0.101 e. The van der Waals surface area contributed by atoms with E-state index in [9.17, 15) is 0 Å². The molecular weight excluding hydrogens is 280 g/mol. The summed E-state index contributed by atoms with van der Waals surface area (Å²) in [7, 11) is 2.03. The molecule has 1 atom stereocenters. The van der Waals surface area contributed by atoms with E-state index in [4.69, 9.17) is 10.00 Å². The zero-order chi connectivity index (χ0) is 12.3. The minimum Gasteiger partial charge on any atom is -0.381 e. The highest BCUT2D eigenvalue weighted by Crippen LogP contribution is 2.25. The highest BCUT2D eigenvalue weighted by molar-refractivity contribution is 9.10. The molecule has 0 aromatic heterocycles. The van der Waals surface area contributed by atoms with E-state index >= 15 is 0 Å². The van der Waals surface area contributed by atoms with Gasteiger partial charge in [-0.2, -0.15) is 5.26 Å². The fraction of sp³-hybridized carbons (Fsp3) is 0.462. The summed E-state index contributed by atoms with van der Waals surface area (Å²) in [4.78, 5) is 2.14. The fourth-order valence-corrected chi connectivity index (χ4v) is 2.50. The first-order valence-electron chi connectivity index (χ1n) is 5.69. The predicted molar refractivity (Wildman–Crippen MR) is 71.1 cm³/mol. The van der Waals surface area contributed by atoms with Gasteiger partial charge in [0, 0.05) is 30.6 Å². The van der Waals surface area contributed by atoms with Crippen LogP contribution in [0.5, 0.6) is 0 Å². The van der Waals surface area contributed by atoms with E-state index in [-0.39, 0.29) is 0 Å². The Morgan fingerprint density at radius 2 is 2.41 bits per heavy atom. The maximum atomic E-state index is 9.13. The lowest BCUT2D eigenvalue weighted by Crippen LogP contribution is -2.26.